The van der Waals surface area contributed by atoms with E-state index in [1.54, 1.807) is 20.2 Å². The Morgan fingerprint density at radius 1 is 1.16 bits per heavy atom. The van der Waals surface area contributed by atoms with Crippen LogP contribution < -0.4 is 16.8 Å². The Morgan fingerprint density at radius 3 is 2.47 bits per heavy atom. The van der Waals surface area contributed by atoms with Crippen molar-refractivity contribution in [2.24, 2.45) is 16.5 Å². The van der Waals surface area contributed by atoms with E-state index in [4.69, 9.17) is 25.7 Å². The van der Waals surface area contributed by atoms with E-state index < -0.39 is 30.6 Å². The highest BCUT2D eigenvalue weighted by Gasteiger charge is 2.39. The minimum absolute atomic E-state index is 0.0152. The minimum atomic E-state index is -1.10. The SMILES string of the molecule is CCNCC1CCC(N)[C@@H](O[C@@H](C)C(O)C([C@H](CN)OC)N(C)C(=O)CN=C/C=C(\C)CC/C=C(\C)CCC=C(C)C)O1. The second-order valence-electron chi connectivity index (χ2n) is 11.9. The van der Waals surface area contributed by atoms with E-state index in [1.807, 2.05) is 13.0 Å². The monoisotopic (exact) mass is 607 g/mol. The number of amides is 1. The van der Waals surface area contributed by atoms with Gasteiger partial charge in [-0.25, -0.2) is 0 Å². The maximum Gasteiger partial charge on any atom is 0.244 e. The third-order valence-electron chi connectivity index (χ3n) is 7.87. The highest BCUT2D eigenvalue weighted by molar-refractivity contribution is 5.81. The third-order valence-corrected chi connectivity index (χ3v) is 7.87. The minimum Gasteiger partial charge on any atom is -0.388 e. The molecule has 0 aromatic heterocycles. The molecule has 7 atom stereocenters. The number of allylic oxidation sites excluding steroid dienone is 6. The molecule has 0 aliphatic carbocycles. The standard InChI is InChI=1S/C33H61N5O5/c1-9-36-21-27-16-17-28(35)33(43-27)42-26(6)32(40)31(29(20-34)41-8)38(7)30(39)22-37-19-18-25(5)15-11-14-24(4)13-10-12-23(2)3/h12,14,18-19,26-29,31-33,36,40H,9-11,13,15-17,20-22,34-35H2,1-8H3/b24-14+,25-18+,37-19?/t26-,27?,28?,29-,31?,32?,33-/m0/s1. The molecule has 248 valence electrons. The van der Waals surface area contributed by atoms with Crippen molar-refractivity contribution in [1.82, 2.24) is 10.2 Å². The summed E-state index contributed by atoms with van der Waals surface area (Å²) in [6, 6.07) is -1.06. The summed E-state index contributed by atoms with van der Waals surface area (Å²) in [5, 5.41) is 14.7. The Bertz CT molecular complexity index is 911. The Morgan fingerprint density at radius 2 is 1.84 bits per heavy atom. The summed E-state index contributed by atoms with van der Waals surface area (Å²) in [5.74, 6) is -0.264. The number of ether oxygens (including phenoxy) is 3. The average Bonchev–Trinajstić information content (AvgIpc) is 2.97. The Labute approximate surface area is 261 Å². The molecule has 6 N–H and O–H groups in total. The van der Waals surface area contributed by atoms with E-state index in [-0.39, 0.29) is 31.1 Å². The maximum absolute atomic E-state index is 13.1. The van der Waals surface area contributed by atoms with Gasteiger partial charge in [0, 0.05) is 33.5 Å². The molecule has 1 heterocycles. The van der Waals surface area contributed by atoms with Gasteiger partial charge in [-0.15, -0.1) is 0 Å². The zero-order valence-electron chi connectivity index (χ0n) is 28.1. The first-order chi connectivity index (χ1) is 20.4. The highest BCUT2D eigenvalue weighted by atomic mass is 16.7. The smallest absolute Gasteiger partial charge is 0.244 e. The first-order valence-electron chi connectivity index (χ1n) is 15.8. The summed E-state index contributed by atoms with van der Waals surface area (Å²) in [7, 11) is 3.14. The highest BCUT2D eigenvalue weighted by Crippen LogP contribution is 2.23. The van der Waals surface area contributed by atoms with Crippen molar-refractivity contribution < 1.29 is 24.1 Å². The van der Waals surface area contributed by atoms with Gasteiger partial charge in [-0.3, -0.25) is 9.79 Å². The normalized spacial score (nSPS) is 22.7. The van der Waals surface area contributed by atoms with Crippen LogP contribution in [0.1, 0.15) is 80.1 Å². The fourth-order valence-electron chi connectivity index (χ4n) is 5.01. The van der Waals surface area contributed by atoms with Gasteiger partial charge < -0.3 is 41.0 Å². The van der Waals surface area contributed by atoms with Crippen LogP contribution in [0, 0.1) is 0 Å². The fraction of sp³-hybridized carbons (Fsp3) is 0.758. The number of rotatable bonds is 20. The summed E-state index contributed by atoms with van der Waals surface area (Å²) in [5.41, 5.74) is 16.2. The molecule has 4 unspecified atom stereocenters. The number of hydrogen-bond donors (Lipinski definition) is 4. The molecule has 0 radical (unpaired) electrons. The van der Waals surface area contributed by atoms with Crippen LogP contribution in [0.25, 0.3) is 0 Å². The zero-order valence-corrected chi connectivity index (χ0v) is 28.1. The maximum atomic E-state index is 13.1. The summed E-state index contributed by atoms with van der Waals surface area (Å²) >= 11 is 0. The number of nitrogens with zero attached hydrogens (tertiary/aromatic N) is 2. The topological polar surface area (TPSA) is 145 Å². The number of carbonyl (C=O) groups excluding carboxylic acids is 1. The van der Waals surface area contributed by atoms with E-state index in [1.165, 1.54) is 28.7 Å². The van der Waals surface area contributed by atoms with Crippen molar-refractivity contribution in [1.29, 1.82) is 0 Å². The molecule has 43 heavy (non-hydrogen) atoms. The number of likely N-dealkylation sites (N-methyl/N-ethyl adjacent to an activating group) is 2. The Hall–Kier alpha value is -1.92. The van der Waals surface area contributed by atoms with E-state index in [2.05, 4.69) is 50.2 Å². The molecule has 1 rings (SSSR count). The lowest BCUT2D eigenvalue weighted by Crippen LogP contribution is -2.59. The molecule has 10 nitrogen and oxygen atoms in total. The Balaban J connectivity index is 2.76. The number of aliphatic hydroxyl groups excluding tert-OH is 1. The number of carbonyl (C=O) groups is 1. The second-order valence-corrected chi connectivity index (χ2v) is 11.9. The number of hydrogen-bond acceptors (Lipinski definition) is 9. The number of nitrogens with one attached hydrogen (secondary N) is 1. The van der Waals surface area contributed by atoms with Crippen molar-refractivity contribution in [3.05, 3.63) is 34.9 Å². The predicted molar refractivity (Wildman–Crippen MR) is 176 cm³/mol. The predicted octanol–water partition coefficient (Wildman–Crippen LogP) is 3.49. The molecule has 1 saturated heterocycles. The molecule has 1 aliphatic heterocycles. The van der Waals surface area contributed by atoms with Crippen molar-refractivity contribution in [2.45, 2.75) is 123 Å². The van der Waals surface area contributed by atoms with Crippen LogP contribution in [-0.4, -0.2) is 105 Å². The van der Waals surface area contributed by atoms with Gasteiger partial charge in [0.25, 0.3) is 0 Å². The van der Waals surface area contributed by atoms with Gasteiger partial charge in [-0.05, 0) is 85.8 Å². The molecule has 1 amide bonds. The average molecular weight is 608 g/mol. The lowest BCUT2D eigenvalue weighted by Gasteiger charge is -2.41. The quantitative estimate of drug-likeness (QED) is 0.122. The van der Waals surface area contributed by atoms with Gasteiger partial charge in [-0.2, -0.15) is 0 Å². The van der Waals surface area contributed by atoms with E-state index in [0.717, 1.165) is 45.1 Å². The zero-order chi connectivity index (χ0) is 32.4. The van der Waals surface area contributed by atoms with Crippen molar-refractivity contribution >= 4 is 12.1 Å². The summed E-state index contributed by atoms with van der Waals surface area (Å²) in [6.45, 7) is 13.9. The van der Waals surface area contributed by atoms with Crippen molar-refractivity contribution in [3.8, 4) is 0 Å². The molecule has 0 aromatic carbocycles. The molecule has 0 bridgehead atoms. The molecular formula is C33H61N5O5. The van der Waals surface area contributed by atoms with Crippen LogP contribution in [0.3, 0.4) is 0 Å². The lowest BCUT2D eigenvalue weighted by molar-refractivity contribution is -0.238. The van der Waals surface area contributed by atoms with Crippen LogP contribution >= 0.6 is 0 Å². The molecule has 10 heteroatoms. The first kappa shape index (κ1) is 39.1. The molecular weight excluding hydrogens is 546 g/mol. The summed E-state index contributed by atoms with van der Waals surface area (Å²) in [4.78, 5) is 18.9. The Kier molecular flexibility index (Phi) is 19.8. The van der Waals surface area contributed by atoms with Crippen molar-refractivity contribution in [2.75, 3.05) is 40.3 Å². The number of nitrogens with two attached hydrogens (primary N) is 2. The summed E-state index contributed by atoms with van der Waals surface area (Å²) in [6.07, 6.45) is 10.8. The third kappa shape index (κ3) is 15.1. The van der Waals surface area contributed by atoms with Crippen LogP contribution in [-0.2, 0) is 19.0 Å². The van der Waals surface area contributed by atoms with Crippen molar-refractivity contribution in [3.63, 3.8) is 0 Å². The second kappa shape index (κ2) is 21.7. The fourth-order valence-corrected chi connectivity index (χ4v) is 5.01. The summed E-state index contributed by atoms with van der Waals surface area (Å²) < 4.78 is 17.8. The molecule has 1 fully saturated rings. The number of aliphatic imine (C=N–C) groups is 1. The number of aliphatic hydroxyl groups is 1. The lowest BCUT2D eigenvalue weighted by atomic mass is 9.98. The van der Waals surface area contributed by atoms with E-state index >= 15 is 0 Å². The first-order valence-corrected chi connectivity index (χ1v) is 15.8. The van der Waals surface area contributed by atoms with E-state index in [0.29, 0.717) is 6.54 Å². The molecule has 0 spiro atoms. The van der Waals surface area contributed by atoms with Gasteiger partial charge in [0.15, 0.2) is 6.29 Å². The van der Waals surface area contributed by atoms with Gasteiger partial charge in [0.1, 0.15) is 12.6 Å². The largest absolute Gasteiger partial charge is 0.388 e. The number of methoxy groups -OCH3 is 1. The van der Waals surface area contributed by atoms with Crippen LogP contribution in [0.4, 0.5) is 0 Å². The van der Waals surface area contributed by atoms with Gasteiger partial charge in [-0.1, -0.05) is 35.8 Å². The van der Waals surface area contributed by atoms with E-state index in [9.17, 15) is 9.90 Å². The molecule has 0 aromatic rings. The molecule has 1 aliphatic rings. The van der Waals surface area contributed by atoms with Gasteiger partial charge >= 0.3 is 0 Å². The van der Waals surface area contributed by atoms with Crippen LogP contribution in [0.5, 0.6) is 0 Å². The van der Waals surface area contributed by atoms with Crippen LogP contribution in [0.15, 0.2) is 39.9 Å². The van der Waals surface area contributed by atoms with Crippen LogP contribution in [0.2, 0.25) is 0 Å². The van der Waals surface area contributed by atoms with Gasteiger partial charge in [0.05, 0.1) is 30.4 Å². The molecule has 0 saturated carbocycles. The van der Waals surface area contributed by atoms with Gasteiger partial charge in [0.2, 0.25) is 5.91 Å².